The van der Waals surface area contributed by atoms with Gasteiger partial charge in [-0.05, 0) is 94.8 Å². The van der Waals surface area contributed by atoms with E-state index in [1.807, 2.05) is 0 Å². The first-order valence-electron chi connectivity index (χ1n) is 7.64. The topological polar surface area (TPSA) is 0 Å². The molecule has 4 aromatic carbocycles. The number of hydrogen-bond donors (Lipinski definition) is 0. The first-order valence-corrected chi connectivity index (χ1v) is 7.64. The van der Waals surface area contributed by atoms with Crippen LogP contribution in [0.5, 0.6) is 0 Å². The Labute approximate surface area is 125 Å². The fourth-order valence-corrected chi connectivity index (χ4v) is 4.05. The van der Waals surface area contributed by atoms with E-state index in [1.165, 1.54) is 60.1 Å². The van der Waals surface area contributed by atoms with Gasteiger partial charge in [0.1, 0.15) is 0 Å². The van der Waals surface area contributed by atoms with Gasteiger partial charge in [-0.25, -0.2) is 0 Å². The molecule has 104 valence electrons. The summed E-state index contributed by atoms with van der Waals surface area (Å²) in [6.07, 6.45) is 0. The Morgan fingerprint density at radius 2 is 1.05 bits per heavy atom. The minimum absolute atomic E-state index is 1.37. The third kappa shape index (κ3) is 1.51. The molecule has 0 aliphatic carbocycles. The summed E-state index contributed by atoms with van der Waals surface area (Å²) in [5.41, 5.74) is 6.97. The van der Waals surface area contributed by atoms with E-state index >= 15 is 0 Å². The van der Waals surface area contributed by atoms with E-state index in [0.717, 1.165) is 0 Å². The zero-order valence-corrected chi connectivity index (χ0v) is 13.4. The lowest BCUT2D eigenvalue weighted by atomic mass is 9.85. The molecule has 0 nitrogen and oxygen atoms in total. The molecule has 0 radical (unpaired) electrons. The molecule has 0 fully saturated rings. The molecule has 0 aliphatic rings. The molecule has 0 saturated carbocycles. The second-order valence-corrected chi connectivity index (χ2v) is 6.53. The molecule has 4 rings (SSSR count). The van der Waals surface area contributed by atoms with Crippen LogP contribution in [0.1, 0.15) is 27.8 Å². The molecule has 0 heteroatoms. The zero-order chi connectivity index (χ0) is 14.9. The Morgan fingerprint density at radius 3 is 1.81 bits per heavy atom. The van der Waals surface area contributed by atoms with E-state index in [1.54, 1.807) is 0 Å². The standard InChI is InChI=1S/C21H20/c1-11-6-7-16-9-14(4)19-15(5)12(2)8-17-10-13(3)18(11)20(16)21(17)19/h6-10H,1-5H3. The minimum atomic E-state index is 1.37. The molecule has 0 heterocycles. The van der Waals surface area contributed by atoms with Crippen molar-refractivity contribution in [2.75, 3.05) is 0 Å². The summed E-state index contributed by atoms with van der Waals surface area (Å²) >= 11 is 0. The molecule has 0 atom stereocenters. The van der Waals surface area contributed by atoms with Crippen LogP contribution in [0.2, 0.25) is 0 Å². The summed E-state index contributed by atoms with van der Waals surface area (Å²) in [7, 11) is 0. The molecule has 0 spiro atoms. The monoisotopic (exact) mass is 272 g/mol. The summed E-state index contributed by atoms with van der Waals surface area (Å²) in [6.45, 7) is 11.2. The van der Waals surface area contributed by atoms with Crippen LogP contribution in [-0.4, -0.2) is 0 Å². The Kier molecular flexibility index (Phi) is 2.39. The normalized spacial score (nSPS) is 12.0. The molecular weight excluding hydrogens is 252 g/mol. The smallest absolute Gasteiger partial charge is 0.00210 e. The minimum Gasteiger partial charge on any atom is -0.0581 e. The molecule has 4 aromatic rings. The van der Waals surface area contributed by atoms with Gasteiger partial charge in [-0.2, -0.15) is 0 Å². The molecule has 0 bridgehead atoms. The highest BCUT2D eigenvalue weighted by molar-refractivity contribution is 6.25. The quantitative estimate of drug-likeness (QED) is 0.338. The van der Waals surface area contributed by atoms with Gasteiger partial charge in [-0.3, -0.25) is 0 Å². The van der Waals surface area contributed by atoms with Crippen molar-refractivity contribution >= 4 is 32.3 Å². The Bertz CT molecular complexity index is 1020. The SMILES string of the molecule is Cc1cc2cc(C)c3c(C)ccc4cc(C)c(c1C)c2c43. The fourth-order valence-electron chi connectivity index (χ4n) is 4.05. The average Bonchev–Trinajstić information content (AvgIpc) is 2.43. The third-order valence-electron chi connectivity index (χ3n) is 5.11. The van der Waals surface area contributed by atoms with E-state index in [2.05, 4.69) is 65.0 Å². The van der Waals surface area contributed by atoms with E-state index in [9.17, 15) is 0 Å². The molecule has 0 aliphatic heterocycles. The van der Waals surface area contributed by atoms with Crippen LogP contribution in [-0.2, 0) is 0 Å². The summed E-state index contributed by atoms with van der Waals surface area (Å²) < 4.78 is 0. The third-order valence-corrected chi connectivity index (χ3v) is 5.11. The van der Waals surface area contributed by atoms with Gasteiger partial charge in [0.25, 0.3) is 0 Å². The highest BCUT2D eigenvalue weighted by Crippen LogP contribution is 2.41. The van der Waals surface area contributed by atoms with Crippen LogP contribution in [0.4, 0.5) is 0 Å². The lowest BCUT2D eigenvalue weighted by Crippen LogP contribution is -1.94. The van der Waals surface area contributed by atoms with E-state index in [0.29, 0.717) is 0 Å². The van der Waals surface area contributed by atoms with E-state index < -0.39 is 0 Å². The van der Waals surface area contributed by atoms with Crippen molar-refractivity contribution < 1.29 is 0 Å². The van der Waals surface area contributed by atoms with Crippen molar-refractivity contribution in [1.82, 2.24) is 0 Å². The Balaban J connectivity index is 2.49. The average molecular weight is 272 g/mol. The number of benzene rings is 4. The second kappa shape index (κ2) is 3.98. The highest BCUT2D eigenvalue weighted by atomic mass is 14.2. The van der Waals surface area contributed by atoms with Gasteiger partial charge in [-0.15, -0.1) is 0 Å². The predicted molar refractivity (Wildman–Crippen MR) is 93.8 cm³/mol. The van der Waals surface area contributed by atoms with Gasteiger partial charge in [0.15, 0.2) is 0 Å². The number of aryl methyl sites for hydroxylation is 5. The van der Waals surface area contributed by atoms with Gasteiger partial charge in [0.05, 0.1) is 0 Å². The number of hydrogen-bond acceptors (Lipinski definition) is 0. The molecular formula is C21H20. The first-order chi connectivity index (χ1) is 9.99. The second-order valence-electron chi connectivity index (χ2n) is 6.53. The van der Waals surface area contributed by atoms with Gasteiger partial charge in [-0.1, -0.05) is 30.3 Å². The van der Waals surface area contributed by atoms with Gasteiger partial charge in [0.2, 0.25) is 0 Å². The summed E-state index contributed by atoms with van der Waals surface area (Å²) in [5.74, 6) is 0. The van der Waals surface area contributed by atoms with E-state index in [4.69, 9.17) is 0 Å². The summed E-state index contributed by atoms with van der Waals surface area (Å²) in [6, 6.07) is 11.6. The van der Waals surface area contributed by atoms with Gasteiger partial charge in [0, 0.05) is 0 Å². The lowest BCUT2D eigenvalue weighted by Gasteiger charge is -2.19. The van der Waals surface area contributed by atoms with Crippen molar-refractivity contribution in [2.45, 2.75) is 34.6 Å². The maximum absolute atomic E-state index is 2.36. The van der Waals surface area contributed by atoms with Crippen LogP contribution in [0.15, 0.2) is 30.3 Å². The predicted octanol–water partition coefficient (Wildman–Crippen LogP) is 6.13. The van der Waals surface area contributed by atoms with Crippen LogP contribution < -0.4 is 0 Å². The molecule has 0 unspecified atom stereocenters. The van der Waals surface area contributed by atoms with Crippen molar-refractivity contribution in [3.8, 4) is 0 Å². The van der Waals surface area contributed by atoms with Gasteiger partial charge >= 0.3 is 0 Å². The van der Waals surface area contributed by atoms with Crippen molar-refractivity contribution in [2.24, 2.45) is 0 Å². The molecule has 0 N–H and O–H groups in total. The van der Waals surface area contributed by atoms with Gasteiger partial charge < -0.3 is 0 Å². The molecule has 0 aromatic heterocycles. The first kappa shape index (κ1) is 12.6. The summed E-state index contributed by atoms with van der Waals surface area (Å²) in [5, 5.41) is 8.56. The van der Waals surface area contributed by atoms with Crippen molar-refractivity contribution in [3.63, 3.8) is 0 Å². The maximum Gasteiger partial charge on any atom is -0.00210 e. The fraction of sp³-hybridized carbons (Fsp3) is 0.238. The van der Waals surface area contributed by atoms with Crippen molar-refractivity contribution in [3.05, 3.63) is 58.1 Å². The summed E-state index contributed by atoms with van der Waals surface area (Å²) in [4.78, 5) is 0. The van der Waals surface area contributed by atoms with E-state index in [-0.39, 0.29) is 0 Å². The van der Waals surface area contributed by atoms with Crippen molar-refractivity contribution in [1.29, 1.82) is 0 Å². The molecule has 0 amide bonds. The maximum atomic E-state index is 2.36. The van der Waals surface area contributed by atoms with Crippen LogP contribution >= 0.6 is 0 Å². The largest absolute Gasteiger partial charge is 0.0581 e. The molecule has 21 heavy (non-hydrogen) atoms. The van der Waals surface area contributed by atoms with Crippen LogP contribution in [0.3, 0.4) is 0 Å². The number of rotatable bonds is 0. The highest BCUT2D eigenvalue weighted by Gasteiger charge is 2.15. The Hall–Kier alpha value is -2.08. The zero-order valence-electron chi connectivity index (χ0n) is 13.4. The van der Waals surface area contributed by atoms with Crippen LogP contribution in [0, 0.1) is 34.6 Å². The van der Waals surface area contributed by atoms with Crippen LogP contribution in [0.25, 0.3) is 32.3 Å². The lowest BCUT2D eigenvalue weighted by molar-refractivity contribution is 1.37. The Morgan fingerprint density at radius 1 is 0.476 bits per heavy atom. The molecule has 0 saturated heterocycles.